The predicted molar refractivity (Wildman–Crippen MR) is 68.3 cm³/mol. The summed E-state index contributed by atoms with van der Waals surface area (Å²) in [4.78, 5) is 12.2. The third-order valence-corrected chi connectivity index (χ3v) is 2.16. The summed E-state index contributed by atoms with van der Waals surface area (Å²) in [5.41, 5.74) is 1.26. The molecule has 1 aromatic rings. The van der Waals surface area contributed by atoms with Gasteiger partial charge in [-0.05, 0) is 45.4 Å². The molecule has 1 rings (SSSR count). The van der Waals surface area contributed by atoms with Gasteiger partial charge in [-0.25, -0.2) is 4.79 Å². The van der Waals surface area contributed by atoms with E-state index in [2.05, 4.69) is 17.9 Å². The molecule has 16 heavy (non-hydrogen) atoms. The Hall–Kier alpha value is -1.16. The van der Waals surface area contributed by atoms with Crippen molar-refractivity contribution in [2.24, 2.45) is 0 Å². The van der Waals surface area contributed by atoms with E-state index in [1.807, 2.05) is 45.9 Å². The van der Waals surface area contributed by atoms with Crippen LogP contribution in [0.4, 0.5) is 10.5 Å². The highest BCUT2D eigenvalue weighted by atomic mass is 32.1. The molecule has 1 amide bonds. The standard InChI is InChI=1S/C12H17NO2S/c1-8-5-6-9(10(16)7-8)13-11(14)15-12(2,3)4/h5-7,16H,1-4H3,(H,13,14). The van der Waals surface area contributed by atoms with Crippen LogP contribution >= 0.6 is 12.6 Å². The second kappa shape index (κ2) is 4.78. The predicted octanol–water partition coefficient (Wildman–Crippen LogP) is 3.63. The molecule has 0 aliphatic rings. The zero-order valence-electron chi connectivity index (χ0n) is 10.00. The van der Waals surface area contributed by atoms with E-state index < -0.39 is 11.7 Å². The molecule has 0 bridgehead atoms. The number of thiol groups is 1. The van der Waals surface area contributed by atoms with Gasteiger partial charge >= 0.3 is 6.09 Å². The van der Waals surface area contributed by atoms with Crippen LogP contribution in [0.3, 0.4) is 0 Å². The van der Waals surface area contributed by atoms with Crippen molar-refractivity contribution in [3.63, 3.8) is 0 Å². The highest BCUT2D eigenvalue weighted by Gasteiger charge is 2.16. The van der Waals surface area contributed by atoms with Crippen LogP contribution in [0.15, 0.2) is 23.1 Å². The molecule has 0 unspecified atom stereocenters. The van der Waals surface area contributed by atoms with Crippen molar-refractivity contribution in [2.75, 3.05) is 5.32 Å². The molecule has 0 heterocycles. The zero-order chi connectivity index (χ0) is 12.3. The third-order valence-electron chi connectivity index (χ3n) is 1.79. The first kappa shape index (κ1) is 12.9. The highest BCUT2D eigenvalue weighted by molar-refractivity contribution is 7.80. The van der Waals surface area contributed by atoms with Crippen molar-refractivity contribution >= 4 is 24.4 Å². The molecule has 4 heteroatoms. The van der Waals surface area contributed by atoms with Gasteiger partial charge in [-0.3, -0.25) is 5.32 Å². The SMILES string of the molecule is Cc1ccc(NC(=O)OC(C)(C)C)c(S)c1. The first-order chi connectivity index (χ1) is 7.28. The van der Waals surface area contributed by atoms with Crippen LogP contribution in [-0.4, -0.2) is 11.7 Å². The van der Waals surface area contributed by atoms with E-state index in [1.54, 1.807) is 0 Å². The number of rotatable bonds is 1. The molecule has 0 aromatic heterocycles. The first-order valence-corrected chi connectivity index (χ1v) is 5.52. The molecule has 0 radical (unpaired) electrons. The van der Waals surface area contributed by atoms with Crippen LogP contribution < -0.4 is 5.32 Å². The Kier molecular flexibility index (Phi) is 3.86. The van der Waals surface area contributed by atoms with Gasteiger partial charge in [0.1, 0.15) is 5.60 Å². The van der Waals surface area contributed by atoms with Crippen molar-refractivity contribution < 1.29 is 9.53 Å². The van der Waals surface area contributed by atoms with Crippen LogP contribution in [0.2, 0.25) is 0 Å². The maximum absolute atomic E-state index is 11.5. The van der Waals surface area contributed by atoms with Crippen LogP contribution in [0.25, 0.3) is 0 Å². The van der Waals surface area contributed by atoms with Gasteiger partial charge in [0, 0.05) is 4.90 Å². The molecule has 0 spiro atoms. The Balaban J connectivity index is 2.70. The summed E-state index contributed by atoms with van der Waals surface area (Å²) in [6.45, 7) is 7.44. The molecule has 0 fully saturated rings. The van der Waals surface area contributed by atoms with Crippen molar-refractivity contribution in [1.82, 2.24) is 0 Å². The van der Waals surface area contributed by atoms with Crippen molar-refractivity contribution in [2.45, 2.75) is 38.2 Å². The van der Waals surface area contributed by atoms with Crippen molar-refractivity contribution in [1.29, 1.82) is 0 Å². The van der Waals surface area contributed by atoms with E-state index >= 15 is 0 Å². The quantitative estimate of drug-likeness (QED) is 0.734. The number of hydrogen-bond donors (Lipinski definition) is 2. The number of amides is 1. The van der Waals surface area contributed by atoms with E-state index in [1.165, 1.54) is 0 Å². The van der Waals surface area contributed by atoms with E-state index in [-0.39, 0.29) is 0 Å². The van der Waals surface area contributed by atoms with Gasteiger partial charge in [-0.2, -0.15) is 0 Å². The Morgan fingerprint density at radius 3 is 2.50 bits per heavy atom. The lowest BCUT2D eigenvalue weighted by molar-refractivity contribution is 0.0635. The molecule has 1 aromatic carbocycles. The number of benzene rings is 1. The number of nitrogens with one attached hydrogen (secondary N) is 1. The summed E-state index contributed by atoms with van der Waals surface area (Å²) in [6, 6.07) is 5.60. The minimum absolute atomic E-state index is 0.466. The van der Waals surface area contributed by atoms with Crippen molar-refractivity contribution in [3.8, 4) is 0 Å². The average molecular weight is 239 g/mol. The summed E-state index contributed by atoms with van der Waals surface area (Å²) < 4.78 is 5.14. The number of aryl methyl sites for hydroxylation is 1. The second-order valence-corrected chi connectivity index (χ2v) is 5.13. The summed E-state index contributed by atoms with van der Waals surface area (Å²) in [6.07, 6.45) is -0.466. The molecule has 0 aliphatic carbocycles. The van der Waals surface area contributed by atoms with Crippen LogP contribution in [0.1, 0.15) is 26.3 Å². The lowest BCUT2D eigenvalue weighted by atomic mass is 10.2. The minimum Gasteiger partial charge on any atom is -0.444 e. The normalized spacial score (nSPS) is 11.1. The summed E-state index contributed by atoms with van der Waals surface area (Å²) >= 11 is 4.28. The van der Waals surface area contributed by atoms with Crippen LogP contribution in [-0.2, 0) is 4.74 Å². The molecular weight excluding hydrogens is 222 g/mol. The molecule has 3 nitrogen and oxygen atoms in total. The van der Waals surface area contributed by atoms with Crippen LogP contribution in [0.5, 0.6) is 0 Å². The van der Waals surface area contributed by atoms with E-state index in [9.17, 15) is 4.79 Å². The molecule has 0 saturated carbocycles. The lowest BCUT2D eigenvalue weighted by Crippen LogP contribution is -2.27. The fourth-order valence-electron chi connectivity index (χ4n) is 1.16. The summed E-state index contributed by atoms with van der Waals surface area (Å²) in [5, 5.41) is 2.66. The number of anilines is 1. The van der Waals surface area contributed by atoms with E-state index in [4.69, 9.17) is 4.74 Å². The first-order valence-electron chi connectivity index (χ1n) is 5.07. The average Bonchev–Trinajstić information content (AvgIpc) is 2.06. The summed E-state index contributed by atoms with van der Waals surface area (Å²) in [7, 11) is 0. The second-order valence-electron chi connectivity index (χ2n) is 4.65. The molecule has 1 N–H and O–H groups in total. The van der Waals surface area contributed by atoms with Gasteiger partial charge in [0.15, 0.2) is 0 Å². The molecule has 88 valence electrons. The van der Waals surface area contributed by atoms with Gasteiger partial charge < -0.3 is 4.74 Å². The maximum atomic E-state index is 11.5. The lowest BCUT2D eigenvalue weighted by Gasteiger charge is -2.20. The molecular formula is C12H17NO2S. The Morgan fingerprint density at radius 1 is 1.38 bits per heavy atom. The Morgan fingerprint density at radius 2 is 2.00 bits per heavy atom. The van der Waals surface area contributed by atoms with E-state index in [0.29, 0.717) is 5.69 Å². The minimum atomic E-state index is -0.495. The molecule has 0 atom stereocenters. The Labute approximate surface area is 102 Å². The highest BCUT2D eigenvalue weighted by Crippen LogP contribution is 2.21. The fourth-order valence-corrected chi connectivity index (χ4v) is 1.50. The number of carbonyl (C=O) groups excluding carboxylic acids is 1. The third kappa shape index (κ3) is 4.14. The number of hydrogen-bond acceptors (Lipinski definition) is 3. The van der Waals surface area contributed by atoms with Gasteiger partial charge in [0.2, 0.25) is 0 Å². The van der Waals surface area contributed by atoms with Crippen molar-refractivity contribution in [3.05, 3.63) is 23.8 Å². The van der Waals surface area contributed by atoms with Crippen LogP contribution in [0, 0.1) is 6.92 Å². The smallest absolute Gasteiger partial charge is 0.412 e. The van der Waals surface area contributed by atoms with Gasteiger partial charge in [0.05, 0.1) is 5.69 Å². The summed E-state index contributed by atoms with van der Waals surface area (Å²) in [5.74, 6) is 0. The number of carbonyl (C=O) groups is 1. The molecule has 0 saturated heterocycles. The monoisotopic (exact) mass is 239 g/mol. The topological polar surface area (TPSA) is 38.3 Å². The fraction of sp³-hybridized carbons (Fsp3) is 0.417. The van der Waals surface area contributed by atoms with Gasteiger partial charge in [0.25, 0.3) is 0 Å². The Bertz CT molecular complexity index is 396. The van der Waals surface area contributed by atoms with Gasteiger partial charge in [-0.1, -0.05) is 6.07 Å². The largest absolute Gasteiger partial charge is 0.444 e. The molecule has 0 aliphatic heterocycles. The number of ether oxygens (including phenoxy) is 1. The van der Waals surface area contributed by atoms with E-state index in [0.717, 1.165) is 10.5 Å². The zero-order valence-corrected chi connectivity index (χ0v) is 10.9. The maximum Gasteiger partial charge on any atom is 0.412 e. The van der Waals surface area contributed by atoms with Gasteiger partial charge in [-0.15, -0.1) is 12.6 Å².